The third-order valence-corrected chi connectivity index (χ3v) is 3.43. The first-order valence-electron chi connectivity index (χ1n) is 5.98. The van der Waals surface area contributed by atoms with E-state index >= 15 is 0 Å². The summed E-state index contributed by atoms with van der Waals surface area (Å²) in [6, 6.07) is -0.518. The Hall–Kier alpha value is -2.25. The molecule has 2 fully saturated rings. The van der Waals surface area contributed by atoms with Gasteiger partial charge in [-0.2, -0.15) is 0 Å². The number of imide groups is 1. The summed E-state index contributed by atoms with van der Waals surface area (Å²) in [6.45, 7) is 1.27. The molecule has 3 aliphatic rings. The molecule has 0 aromatic rings. The normalized spacial score (nSPS) is 29.5. The number of hydrogen-bond donors (Lipinski definition) is 2. The Labute approximate surface area is 108 Å². The van der Waals surface area contributed by atoms with E-state index in [9.17, 15) is 14.4 Å². The van der Waals surface area contributed by atoms with Crippen LogP contribution in [-0.2, 0) is 19.1 Å². The highest BCUT2D eigenvalue weighted by molar-refractivity contribution is 6.08. The fraction of sp³-hybridized carbons (Fsp3) is 0.545. The maximum absolute atomic E-state index is 12.1. The summed E-state index contributed by atoms with van der Waals surface area (Å²) < 4.78 is 10.2. The molecule has 0 bridgehead atoms. The molecule has 0 aromatic carbocycles. The van der Waals surface area contributed by atoms with E-state index in [0.717, 1.165) is 0 Å². The van der Waals surface area contributed by atoms with Gasteiger partial charge in [0, 0.05) is 6.54 Å². The van der Waals surface area contributed by atoms with Crippen molar-refractivity contribution >= 4 is 17.8 Å². The van der Waals surface area contributed by atoms with Crippen molar-refractivity contribution in [1.29, 1.82) is 0 Å². The average molecular weight is 267 g/mol. The van der Waals surface area contributed by atoms with Crippen LogP contribution in [-0.4, -0.2) is 54.6 Å². The van der Waals surface area contributed by atoms with Crippen LogP contribution in [0.15, 0.2) is 12.0 Å². The van der Waals surface area contributed by atoms with E-state index in [2.05, 4.69) is 10.6 Å². The molecule has 4 amide bonds. The first-order chi connectivity index (χ1) is 9.11. The number of carbonyl (C=O) groups is 3. The Balaban J connectivity index is 1.72. The topological polar surface area (TPSA) is 97.0 Å². The highest BCUT2D eigenvalue weighted by atomic mass is 16.6. The molecule has 3 rings (SSSR count). The van der Waals surface area contributed by atoms with E-state index in [1.165, 1.54) is 11.2 Å². The van der Waals surface area contributed by atoms with Crippen LogP contribution in [0, 0.1) is 0 Å². The van der Waals surface area contributed by atoms with Crippen LogP contribution in [0.5, 0.6) is 0 Å². The molecular formula is C11H13N3O5. The van der Waals surface area contributed by atoms with Crippen molar-refractivity contribution in [3.63, 3.8) is 0 Å². The van der Waals surface area contributed by atoms with Gasteiger partial charge in [-0.3, -0.25) is 14.9 Å². The quantitative estimate of drug-likeness (QED) is 0.575. The van der Waals surface area contributed by atoms with Crippen molar-refractivity contribution in [1.82, 2.24) is 15.5 Å². The van der Waals surface area contributed by atoms with Crippen LogP contribution in [0.25, 0.3) is 0 Å². The number of nitrogens with one attached hydrogen (secondary N) is 2. The van der Waals surface area contributed by atoms with Crippen molar-refractivity contribution in [3.8, 4) is 0 Å². The molecule has 1 unspecified atom stereocenters. The van der Waals surface area contributed by atoms with Gasteiger partial charge < -0.3 is 19.7 Å². The molecule has 8 heteroatoms. The Morgan fingerprint density at radius 3 is 2.84 bits per heavy atom. The molecule has 0 aliphatic carbocycles. The maximum Gasteiger partial charge on any atom is 0.322 e. The van der Waals surface area contributed by atoms with E-state index in [1.807, 2.05) is 0 Å². The van der Waals surface area contributed by atoms with Crippen LogP contribution in [0.2, 0.25) is 0 Å². The fourth-order valence-corrected chi connectivity index (χ4v) is 2.43. The minimum absolute atomic E-state index is 0.132. The van der Waals surface area contributed by atoms with Crippen LogP contribution in [0.3, 0.4) is 0 Å². The number of amides is 4. The summed E-state index contributed by atoms with van der Waals surface area (Å²) in [5, 5.41) is 4.77. The molecule has 19 heavy (non-hydrogen) atoms. The molecule has 0 aromatic heterocycles. The summed E-state index contributed by atoms with van der Waals surface area (Å²) in [5.74, 6) is -0.582. The lowest BCUT2D eigenvalue weighted by Gasteiger charge is -2.23. The molecule has 1 spiro atoms. The number of carbonyl (C=O) groups excluding carboxylic acids is 3. The Morgan fingerprint density at radius 1 is 1.37 bits per heavy atom. The third-order valence-electron chi connectivity index (χ3n) is 3.43. The van der Waals surface area contributed by atoms with Crippen LogP contribution in [0.1, 0.15) is 6.42 Å². The van der Waals surface area contributed by atoms with E-state index in [0.29, 0.717) is 26.2 Å². The maximum atomic E-state index is 12.1. The molecule has 0 saturated carbocycles. The zero-order valence-corrected chi connectivity index (χ0v) is 10.1. The summed E-state index contributed by atoms with van der Waals surface area (Å²) >= 11 is 0. The molecule has 102 valence electrons. The van der Waals surface area contributed by atoms with Gasteiger partial charge >= 0.3 is 6.03 Å². The lowest BCUT2D eigenvalue weighted by Crippen LogP contribution is -2.49. The van der Waals surface area contributed by atoms with Crippen molar-refractivity contribution in [3.05, 3.63) is 12.0 Å². The lowest BCUT2D eigenvalue weighted by molar-refractivity contribution is -0.131. The molecular weight excluding hydrogens is 254 g/mol. The fourth-order valence-electron chi connectivity index (χ4n) is 2.43. The molecule has 3 aliphatic heterocycles. The van der Waals surface area contributed by atoms with E-state index in [-0.39, 0.29) is 24.1 Å². The van der Waals surface area contributed by atoms with Gasteiger partial charge in [0.2, 0.25) is 5.76 Å². The first-order valence-corrected chi connectivity index (χ1v) is 5.98. The van der Waals surface area contributed by atoms with Gasteiger partial charge in [-0.05, 0) is 6.42 Å². The van der Waals surface area contributed by atoms with Gasteiger partial charge in [-0.15, -0.1) is 0 Å². The number of hydrogen-bond acceptors (Lipinski definition) is 5. The van der Waals surface area contributed by atoms with Crippen molar-refractivity contribution in [2.75, 3.05) is 26.3 Å². The molecule has 2 N–H and O–H groups in total. The highest BCUT2D eigenvalue weighted by Crippen LogP contribution is 2.26. The SMILES string of the molecule is O=C1NC(=O)C2(CCN(C(=O)C3=COCCO3)C2)N1. The predicted octanol–water partition coefficient (Wildman–Crippen LogP) is -1.31. The van der Waals surface area contributed by atoms with Gasteiger partial charge in [0.15, 0.2) is 0 Å². The Morgan fingerprint density at radius 2 is 2.21 bits per heavy atom. The number of rotatable bonds is 1. The van der Waals surface area contributed by atoms with Crippen LogP contribution < -0.4 is 10.6 Å². The van der Waals surface area contributed by atoms with Gasteiger partial charge in [-0.1, -0.05) is 0 Å². The zero-order chi connectivity index (χ0) is 13.5. The summed E-state index contributed by atoms with van der Waals surface area (Å²) in [4.78, 5) is 36.6. The molecule has 1 atom stereocenters. The number of likely N-dealkylation sites (tertiary alicyclic amines) is 1. The summed E-state index contributed by atoms with van der Waals surface area (Å²) in [6.07, 6.45) is 1.68. The van der Waals surface area contributed by atoms with Crippen molar-refractivity contribution in [2.24, 2.45) is 0 Å². The second kappa shape index (κ2) is 4.15. The predicted molar refractivity (Wildman–Crippen MR) is 60.6 cm³/mol. The standard InChI is InChI=1S/C11H13N3O5/c15-8(7-5-18-3-4-19-7)14-2-1-11(6-14)9(16)12-10(17)13-11/h5H,1-4,6H2,(H2,12,13,16,17). The lowest BCUT2D eigenvalue weighted by atomic mass is 10.00. The van der Waals surface area contributed by atoms with E-state index in [4.69, 9.17) is 9.47 Å². The van der Waals surface area contributed by atoms with E-state index < -0.39 is 11.6 Å². The molecule has 3 heterocycles. The smallest absolute Gasteiger partial charge is 0.322 e. The van der Waals surface area contributed by atoms with E-state index in [1.54, 1.807) is 0 Å². The monoisotopic (exact) mass is 267 g/mol. The molecule has 2 saturated heterocycles. The minimum Gasteiger partial charge on any atom is -0.494 e. The highest BCUT2D eigenvalue weighted by Gasteiger charge is 2.52. The van der Waals surface area contributed by atoms with Crippen LogP contribution >= 0.6 is 0 Å². The second-order valence-corrected chi connectivity index (χ2v) is 4.67. The second-order valence-electron chi connectivity index (χ2n) is 4.67. The van der Waals surface area contributed by atoms with Gasteiger partial charge in [0.25, 0.3) is 11.8 Å². The zero-order valence-electron chi connectivity index (χ0n) is 10.1. The van der Waals surface area contributed by atoms with Gasteiger partial charge in [0.05, 0.1) is 6.54 Å². The summed E-state index contributed by atoms with van der Waals surface area (Å²) in [5.41, 5.74) is -0.997. The molecule has 0 radical (unpaired) electrons. The molecule has 8 nitrogen and oxygen atoms in total. The van der Waals surface area contributed by atoms with Crippen molar-refractivity contribution in [2.45, 2.75) is 12.0 Å². The number of urea groups is 1. The Kier molecular flexibility index (Phi) is 2.58. The minimum atomic E-state index is -0.997. The van der Waals surface area contributed by atoms with Crippen LogP contribution in [0.4, 0.5) is 4.79 Å². The number of ether oxygens (including phenoxy) is 2. The first kappa shape index (κ1) is 11.8. The van der Waals surface area contributed by atoms with Gasteiger partial charge in [0.1, 0.15) is 25.0 Å². The van der Waals surface area contributed by atoms with Crippen molar-refractivity contribution < 1.29 is 23.9 Å². The Bertz CT molecular complexity index is 489. The van der Waals surface area contributed by atoms with Gasteiger partial charge in [-0.25, -0.2) is 4.79 Å². The summed E-state index contributed by atoms with van der Waals surface area (Å²) in [7, 11) is 0. The third kappa shape index (κ3) is 1.88. The number of nitrogens with zero attached hydrogens (tertiary/aromatic N) is 1. The average Bonchev–Trinajstić information content (AvgIpc) is 2.95. The largest absolute Gasteiger partial charge is 0.494 e.